The molecule has 2 aliphatic heterocycles. The Balaban J connectivity index is 1.41. The second-order valence-electron chi connectivity index (χ2n) is 8.78. The van der Waals surface area contributed by atoms with Gasteiger partial charge in [0.05, 0.1) is 23.7 Å². The molecule has 1 N–H and O–H groups in total. The third kappa shape index (κ3) is 5.61. The zero-order valence-electron chi connectivity index (χ0n) is 18.6. The highest BCUT2D eigenvalue weighted by Crippen LogP contribution is 2.31. The Bertz CT molecular complexity index is 944. The van der Waals surface area contributed by atoms with Crippen molar-refractivity contribution in [1.82, 2.24) is 9.80 Å². The number of hydrogen-bond acceptors (Lipinski definition) is 4. The molecule has 6 nitrogen and oxygen atoms in total. The standard InChI is InChI=1S/C25H31ClN4O2/c1-28-12-14-29(15-13-28)23-10-9-21(26)17-22(23)27-25(32)20-8-5-11-30(18-20)24(31)16-19-6-3-2-4-7-19/h2-4,6-7,9-10,17,20H,5,8,11-16,18H2,1H3,(H,27,32). The zero-order chi connectivity index (χ0) is 22.5. The number of carbonyl (C=O) groups excluding carboxylic acids is 2. The van der Waals surface area contributed by atoms with Crippen molar-refractivity contribution in [3.63, 3.8) is 0 Å². The number of hydrogen-bond donors (Lipinski definition) is 1. The summed E-state index contributed by atoms with van der Waals surface area (Å²) in [5, 5.41) is 3.72. The normalized spacial score (nSPS) is 19.6. The summed E-state index contributed by atoms with van der Waals surface area (Å²) in [5.41, 5.74) is 2.75. The van der Waals surface area contributed by atoms with Gasteiger partial charge < -0.3 is 20.0 Å². The van der Waals surface area contributed by atoms with Gasteiger partial charge in [0.25, 0.3) is 0 Å². The molecule has 1 atom stereocenters. The van der Waals surface area contributed by atoms with Gasteiger partial charge in [0, 0.05) is 44.3 Å². The van der Waals surface area contributed by atoms with Gasteiger partial charge in [-0.15, -0.1) is 0 Å². The predicted octanol–water partition coefficient (Wildman–Crippen LogP) is 3.51. The van der Waals surface area contributed by atoms with E-state index in [1.807, 2.05) is 53.4 Å². The number of halogens is 1. The number of benzene rings is 2. The summed E-state index contributed by atoms with van der Waals surface area (Å²) in [7, 11) is 2.12. The van der Waals surface area contributed by atoms with Crippen molar-refractivity contribution in [2.75, 3.05) is 56.5 Å². The predicted molar refractivity (Wildman–Crippen MR) is 129 cm³/mol. The molecule has 0 aliphatic carbocycles. The van der Waals surface area contributed by atoms with Crippen LogP contribution in [0.15, 0.2) is 48.5 Å². The Morgan fingerprint density at radius 3 is 2.53 bits per heavy atom. The minimum atomic E-state index is -0.220. The maximum atomic E-state index is 13.2. The molecule has 2 saturated heterocycles. The summed E-state index contributed by atoms with van der Waals surface area (Å²) in [5.74, 6) is -0.183. The quantitative estimate of drug-likeness (QED) is 0.751. The van der Waals surface area contributed by atoms with Crippen molar-refractivity contribution in [3.05, 3.63) is 59.1 Å². The third-order valence-corrected chi connectivity index (χ3v) is 6.64. The van der Waals surface area contributed by atoms with E-state index in [4.69, 9.17) is 11.6 Å². The van der Waals surface area contributed by atoms with Gasteiger partial charge >= 0.3 is 0 Å². The lowest BCUT2D eigenvalue weighted by atomic mass is 9.96. The highest BCUT2D eigenvalue weighted by molar-refractivity contribution is 6.31. The molecule has 2 aromatic rings. The number of nitrogens with zero attached hydrogens (tertiary/aromatic N) is 3. The van der Waals surface area contributed by atoms with Crippen LogP contribution in [-0.2, 0) is 16.0 Å². The first-order valence-electron chi connectivity index (χ1n) is 11.4. The second kappa shape index (κ2) is 10.4. The van der Waals surface area contributed by atoms with Crippen LogP contribution in [0.2, 0.25) is 5.02 Å². The second-order valence-corrected chi connectivity index (χ2v) is 9.22. The van der Waals surface area contributed by atoms with Crippen LogP contribution >= 0.6 is 11.6 Å². The summed E-state index contributed by atoms with van der Waals surface area (Å²) >= 11 is 6.26. The van der Waals surface area contributed by atoms with Crippen molar-refractivity contribution in [1.29, 1.82) is 0 Å². The van der Waals surface area contributed by atoms with Gasteiger partial charge in [0.1, 0.15) is 0 Å². The van der Waals surface area contributed by atoms with Crippen LogP contribution in [0, 0.1) is 5.92 Å². The topological polar surface area (TPSA) is 55.9 Å². The van der Waals surface area contributed by atoms with Crippen molar-refractivity contribution in [2.45, 2.75) is 19.3 Å². The average Bonchev–Trinajstić information content (AvgIpc) is 2.81. The third-order valence-electron chi connectivity index (χ3n) is 6.40. The molecule has 1 unspecified atom stereocenters. The summed E-state index contributed by atoms with van der Waals surface area (Å²) in [4.78, 5) is 32.4. The maximum Gasteiger partial charge on any atom is 0.229 e. The lowest BCUT2D eigenvalue weighted by Crippen LogP contribution is -2.45. The van der Waals surface area contributed by atoms with Gasteiger partial charge in [0.2, 0.25) is 11.8 Å². The summed E-state index contributed by atoms with van der Waals surface area (Å²) in [6, 6.07) is 15.4. The van der Waals surface area contributed by atoms with Crippen molar-refractivity contribution in [3.8, 4) is 0 Å². The minimum Gasteiger partial charge on any atom is -0.367 e. The van der Waals surface area contributed by atoms with Crippen LogP contribution < -0.4 is 10.2 Å². The first-order chi connectivity index (χ1) is 15.5. The molecular formula is C25H31ClN4O2. The van der Waals surface area contributed by atoms with Gasteiger partial charge in [-0.3, -0.25) is 9.59 Å². The van der Waals surface area contributed by atoms with Crippen LogP contribution in [0.4, 0.5) is 11.4 Å². The Labute approximate surface area is 195 Å². The molecule has 0 bridgehead atoms. The monoisotopic (exact) mass is 454 g/mol. The van der Waals surface area contributed by atoms with Crippen molar-refractivity contribution in [2.24, 2.45) is 5.92 Å². The molecule has 0 saturated carbocycles. The van der Waals surface area contributed by atoms with Crippen LogP contribution in [0.25, 0.3) is 0 Å². The van der Waals surface area contributed by atoms with E-state index >= 15 is 0 Å². The van der Waals surface area contributed by atoms with E-state index in [0.29, 0.717) is 24.5 Å². The largest absolute Gasteiger partial charge is 0.367 e. The highest BCUT2D eigenvalue weighted by Gasteiger charge is 2.29. The Morgan fingerprint density at radius 1 is 1.03 bits per heavy atom. The first kappa shape index (κ1) is 22.6. The molecule has 0 radical (unpaired) electrons. The zero-order valence-corrected chi connectivity index (χ0v) is 19.4. The Kier molecular flexibility index (Phi) is 7.33. The van der Waals surface area contributed by atoms with Crippen LogP contribution in [0.3, 0.4) is 0 Å². The molecule has 0 spiro atoms. The van der Waals surface area contributed by atoms with E-state index in [9.17, 15) is 9.59 Å². The number of anilines is 2. The van der Waals surface area contributed by atoms with Crippen molar-refractivity contribution >= 4 is 34.8 Å². The van der Waals surface area contributed by atoms with Gasteiger partial charge in [0.15, 0.2) is 0 Å². The summed E-state index contributed by atoms with van der Waals surface area (Å²) < 4.78 is 0. The van der Waals surface area contributed by atoms with Crippen LogP contribution in [-0.4, -0.2) is 67.9 Å². The number of amides is 2. The van der Waals surface area contributed by atoms with Crippen molar-refractivity contribution < 1.29 is 9.59 Å². The summed E-state index contributed by atoms with van der Waals surface area (Å²) in [6.07, 6.45) is 1.99. The SMILES string of the molecule is CN1CCN(c2ccc(Cl)cc2NC(=O)C2CCCN(C(=O)Cc3ccccc3)C2)CC1. The number of carbonyl (C=O) groups is 2. The molecule has 2 amide bonds. The lowest BCUT2D eigenvalue weighted by molar-refractivity contribution is -0.133. The van der Waals surface area contributed by atoms with Gasteiger partial charge in [-0.05, 0) is 43.7 Å². The van der Waals surface area contributed by atoms with E-state index in [0.717, 1.165) is 56.0 Å². The van der Waals surface area contributed by atoms with E-state index < -0.39 is 0 Å². The fourth-order valence-electron chi connectivity index (χ4n) is 4.47. The van der Waals surface area contributed by atoms with E-state index in [-0.39, 0.29) is 17.7 Å². The van der Waals surface area contributed by atoms with Crippen LogP contribution in [0.5, 0.6) is 0 Å². The number of piperidine rings is 1. The van der Waals surface area contributed by atoms with E-state index in [1.54, 1.807) is 0 Å². The number of piperazine rings is 1. The molecule has 7 heteroatoms. The molecule has 2 heterocycles. The van der Waals surface area contributed by atoms with E-state index in [2.05, 4.69) is 22.2 Å². The molecular weight excluding hydrogens is 424 g/mol. The lowest BCUT2D eigenvalue weighted by Gasteiger charge is -2.36. The summed E-state index contributed by atoms with van der Waals surface area (Å²) in [6.45, 7) is 4.95. The molecule has 2 aliphatic rings. The molecule has 2 aromatic carbocycles. The number of likely N-dealkylation sites (tertiary alicyclic amines) is 1. The average molecular weight is 455 g/mol. The first-order valence-corrected chi connectivity index (χ1v) is 11.7. The van der Waals surface area contributed by atoms with Gasteiger partial charge in [-0.25, -0.2) is 0 Å². The van der Waals surface area contributed by atoms with Gasteiger partial charge in [-0.2, -0.15) is 0 Å². The fourth-order valence-corrected chi connectivity index (χ4v) is 4.64. The van der Waals surface area contributed by atoms with E-state index in [1.165, 1.54) is 0 Å². The molecule has 0 aromatic heterocycles. The molecule has 4 rings (SSSR count). The molecule has 170 valence electrons. The van der Waals surface area contributed by atoms with Gasteiger partial charge in [-0.1, -0.05) is 41.9 Å². The van der Waals surface area contributed by atoms with Crippen LogP contribution in [0.1, 0.15) is 18.4 Å². The maximum absolute atomic E-state index is 13.2. The number of likely N-dealkylation sites (N-methyl/N-ethyl adjacent to an activating group) is 1. The highest BCUT2D eigenvalue weighted by atomic mass is 35.5. The minimum absolute atomic E-state index is 0.0418. The molecule has 2 fully saturated rings. The fraction of sp³-hybridized carbons (Fsp3) is 0.440. The molecule has 32 heavy (non-hydrogen) atoms. The smallest absolute Gasteiger partial charge is 0.229 e. The Morgan fingerprint density at radius 2 is 1.78 bits per heavy atom. The Hall–Kier alpha value is -2.57. The number of nitrogens with one attached hydrogen (secondary N) is 1. The number of rotatable bonds is 5.